The number of aliphatic imine (C=N–C) groups is 1. The van der Waals surface area contributed by atoms with Gasteiger partial charge in [-0.25, -0.2) is 9.38 Å². The maximum atomic E-state index is 13.2. The Morgan fingerprint density at radius 3 is 2.50 bits per heavy atom. The van der Waals surface area contributed by atoms with Crippen LogP contribution in [0.5, 0.6) is 0 Å². The van der Waals surface area contributed by atoms with Crippen LogP contribution >= 0.6 is 24.0 Å². The zero-order valence-electron chi connectivity index (χ0n) is 16.3. The Balaban J connectivity index is 0.00000392. The van der Waals surface area contributed by atoms with Crippen LogP contribution in [-0.4, -0.2) is 44.1 Å². The van der Waals surface area contributed by atoms with Crippen molar-refractivity contribution in [1.29, 1.82) is 0 Å². The van der Waals surface area contributed by atoms with Crippen molar-refractivity contribution in [2.24, 2.45) is 10.9 Å². The first-order chi connectivity index (χ1) is 12.8. The highest BCUT2D eigenvalue weighted by Gasteiger charge is 2.33. The van der Waals surface area contributed by atoms with Gasteiger partial charge in [-0.15, -0.1) is 24.0 Å². The number of hydrogen-bond donors (Lipinski definition) is 2. The molecule has 28 heavy (non-hydrogen) atoms. The molecule has 1 aromatic rings. The van der Waals surface area contributed by atoms with Crippen molar-refractivity contribution in [3.05, 3.63) is 35.1 Å². The van der Waals surface area contributed by atoms with Gasteiger partial charge in [-0.1, -0.05) is 6.07 Å². The smallest absolute Gasteiger partial charge is 0.357 e. The number of guanidine groups is 1. The van der Waals surface area contributed by atoms with Gasteiger partial charge in [-0.2, -0.15) is 13.2 Å². The van der Waals surface area contributed by atoms with E-state index in [0.717, 1.165) is 51.0 Å². The molecule has 9 heteroatoms. The first-order valence-corrected chi connectivity index (χ1v) is 9.36. The Bertz CT molecular complexity index is 629. The van der Waals surface area contributed by atoms with Gasteiger partial charge in [0, 0.05) is 13.1 Å². The number of likely N-dealkylation sites (tertiary alicyclic amines) is 1. The Labute approximate surface area is 181 Å². The maximum Gasteiger partial charge on any atom is 0.416 e. The number of nitrogens with one attached hydrogen (secondary N) is 2. The first-order valence-electron chi connectivity index (χ1n) is 9.36. The van der Waals surface area contributed by atoms with Crippen molar-refractivity contribution < 1.29 is 17.6 Å². The number of benzene rings is 1. The lowest BCUT2D eigenvalue weighted by Gasteiger charge is -2.29. The molecule has 1 saturated heterocycles. The zero-order chi connectivity index (χ0) is 19.9. The molecule has 1 heterocycles. The van der Waals surface area contributed by atoms with Crippen molar-refractivity contribution in [2.45, 2.75) is 38.9 Å². The number of halogens is 5. The van der Waals surface area contributed by atoms with E-state index in [1.54, 1.807) is 0 Å². The summed E-state index contributed by atoms with van der Waals surface area (Å²) in [6.07, 6.45) is -1.28. The fourth-order valence-corrected chi connectivity index (χ4v) is 3.20. The molecule has 1 aliphatic rings. The number of piperidine rings is 1. The van der Waals surface area contributed by atoms with Gasteiger partial charge in [0.1, 0.15) is 5.82 Å². The summed E-state index contributed by atoms with van der Waals surface area (Å²) in [6.45, 7) is 5.25. The van der Waals surface area contributed by atoms with Crippen LogP contribution < -0.4 is 10.6 Å². The summed E-state index contributed by atoms with van der Waals surface area (Å²) < 4.78 is 52.5. The molecule has 0 aromatic heterocycles. The third-order valence-corrected chi connectivity index (χ3v) is 4.81. The lowest BCUT2D eigenvalue weighted by Crippen LogP contribution is -2.39. The predicted octanol–water partition coefficient (Wildman–Crippen LogP) is 4.25. The van der Waals surface area contributed by atoms with E-state index in [-0.39, 0.29) is 36.1 Å². The van der Waals surface area contributed by atoms with E-state index in [2.05, 4.69) is 27.6 Å². The Kier molecular flexibility index (Phi) is 10.5. The number of nitrogens with zero attached hydrogens (tertiary/aromatic N) is 2. The Morgan fingerprint density at radius 1 is 1.21 bits per heavy atom. The fraction of sp³-hybridized carbons (Fsp3) is 0.632. The average molecular weight is 516 g/mol. The Morgan fingerprint density at radius 2 is 1.89 bits per heavy atom. The van der Waals surface area contributed by atoms with Gasteiger partial charge in [0.25, 0.3) is 0 Å². The summed E-state index contributed by atoms with van der Waals surface area (Å²) >= 11 is 0. The molecule has 1 fully saturated rings. The van der Waals surface area contributed by atoms with Crippen molar-refractivity contribution in [3.63, 3.8) is 0 Å². The molecule has 0 spiro atoms. The first kappa shape index (κ1) is 24.9. The lowest BCUT2D eigenvalue weighted by molar-refractivity contribution is -0.138. The number of alkyl halides is 3. The zero-order valence-corrected chi connectivity index (χ0v) is 18.6. The van der Waals surface area contributed by atoms with Crippen LogP contribution in [0.25, 0.3) is 0 Å². The molecule has 0 atom stereocenters. The topological polar surface area (TPSA) is 39.7 Å². The molecule has 4 nitrogen and oxygen atoms in total. The molecule has 2 rings (SSSR count). The van der Waals surface area contributed by atoms with E-state index < -0.39 is 17.6 Å². The number of hydrogen-bond acceptors (Lipinski definition) is 2. The second-order valence-electron chi connectivity index (χ2n) is 6.96. The third-order valence-electron chi connectivity index (χ3n) is 4.81. The van der Waals surface area contributed by atoms with Gasteiger partial charge < -0.3 is 15.5 Å². The second kappa shape index (κ2) is 11.8. The highest BCUT2D eigenvalue weighted by Crippen LogP contribution is 2.32. The van der Waals surface area contributed by atoms with Crippen LogP contribution in [0, 0.1) is 11.7 Å². The fourth-order valence-electron chi connectivity index (χ4n) is 3.20. The molecule has 1 aromatic carbocycles. The molecule has 160 valence electrons. The highest BCUT2D eigenvalue weighted by atomic mass is 127. The standard InChI is InChI=1S/C19H28F4N4.HI/c1-3-24-18(25-9-6-14-7-10-27(2)11-8-14)26-13-15-4-5-16(20)12-17(15)19(21,22)23;/h4-5,12,14H,3,6-11,13H2,1-2H3,(H2,24,25,26);1H. The normalized spacial score (nSPS) is 16.6. The van der Waals surface area contributed by atoms with Crippen molar-refractivity contribution >= 4 is 29.9 Å². The second-order valence-corrected chi connectivity index (χ2v) is 6.96. The molecular weight excluding hydrogens is 487 g/mol. The third kappa shape index (κ3) is 8.10. The molecule has 0 saturated carbocycles. The van der Waals surface area contributed by atoms with Crippen molar-refractivity contribution in [3.8, 4) is 0 Å². The van der Waals surface area contributed by atoms with E-state index in [4.69, 9.17) is 0 Å². The van der Waals surface area contributed by atoms with Gasteiger partial charge in [-0.3, -0.25) is 0 Å². The minimum atomic E-state index is -4.60. The molecule has 0 bridgehead atoms. The monoisotopic (exact) mass is 516 g/mol. The van der Waals surface area contributed by atoms with Crippen LogP contribution in [0.4, 0.5) is 17.6 Å². The van der Waals surface area contributed by atoms with E-state index in [1.807, 2.05) is 6.92 Å². The summed E-state index contributed by atoms with van der Waals surface area (Å²) in [7, 11) is 2.12. The van der Waals surface area contributed by atoms with E-state index in [0.29, 0.717) is 24.5 Å². The molecule has 0 amide bonds. The van der Waals surface area contributed by atoms with Gasteiger partial charge in [0.05, 0.1) is 12.1 Å². The molecular formula is C19H29F4IN4. The van der Waals surface area contributed by atoms with E-state index in [9.17, 15) is 17.6 Å². The summed E-state index contributed by atoms with van der Waals surface area (Å²) in [5, 5.41) is 6.23. The molecule has 0 aliphatic carbocycles. The van der Waals surface area contributed by atoms with Crippen LogP contribution in [0.2, 0.25) is 0 Å². The van der Waals surface area contributed by atoms with Crippen LogP contribution in [-0.2, 0) is 12.7 Å². The number of rotatable bonds is 6. The SMILES string of the molecule is CCNC(=NCc1ccc(F)cc1C(F)(F)F)NCCC1CCN(C)CC1.I. The van der Waals surface area contributed by atoms with Gasteiger partial charge in [0.15, 0.2) is 5.96 Å². The summed E-state index contributed by atoms with van der Waals surface area (Å²) in [4.78, 5) is 6.56. The van der Waals surface area contributed by atoms with Crippen LogP contribution in [0.3, 0.4) is 0 Å². The Hall–Kier alpha value is -1.10. The maximum absolute atomic E-state index is 13.2. The minimum Gasteiger partial charge on any atom is -0.357 e. The van der Waals surface area contributed by atoms with Crippen LogP contribution in [0.1, 0.15) is 37.3 Å². The van der Waals surface area contributed by atoms with Gasteiger partial charge >= 0.3 is 6.18 Å². The van der Waals surface area contributed by atoms with Gasteiger partial charge in [0.2, 0.25) is 0 Å². The van der Waals surface area contributed by atoms with E-state index >= 15 is 0 Å². The summed E-state index contributed by atoms with van der Waals surface area (Å²) in [5.41, 5.74) is -1.02. The minimum absolute atomic E-state index is 0. The van der Waals surface area contributed by atoms with Crippen molar-refractivity contribution in [2.75, 3.05) is 33.2 Å². The molecule has 2 N–H and O–H groups in total. The quantitative estimate of drug-likeness (QED) is 0.257. The molecule has 0 unspecified atom stereocenters. The van der Waals surface area contributed by atoms with Gasteiger partial charge in [-0.05, 0) is 69.9 Å². The largest absolute Gasteiger partial charge is 0.416 e. The summed E-state index contributed by atoms with van der Waals surface area (Å²) in [5.74, 6) is 0.228. The average Bonchev–Trinajstić information content (AvgIpc) is 2.61. The summed E-state index contributed by atoms with van der Waals surface area (Å²) in [6, 6.07) is 2.69. The van der Waals surface area contributed by atoms with Crippen molar-refractivity contribution in [1.82, 2.24) is 15.5 Å². The lowest BCUT2D eigenvalue weighted by atomic mass is 9.94. The highest BCUT2D eigenvalue weighted by molar-refractivity contribution is 14.0. The molecule has 0 radical (unpaired) electrons. The van der Waals surface area contributed by atoms with E-state index in [1.165, 1.54) is 0 Å². The van der Waals surface area contributed by atoms with Crippen LogP contribution in [0.15, 0.2) is 23.2 Å². The predicted molar refractivity (Wildman–Crippen MR) is 114 cm³/mol. The molecule has 1 aliphatic heterocycles.